The first-order valence-corrected chi connectivity index (χ1v) is 11.5. The van der Waals surface area contributed by atoms with Crippen molar-refractivity contribution in [3.05, 3.63) is 86.9 Å². The van der Waals surface area contributed by atoms with Gasteiger partial charge in [0.05, 0.1) is 22.8 Å². The zero-order chi connectivity index (χ0) is 26.2. The Balaban J connectivity index is 1.76. The summed E-state index contributed by atoms with van der Waals surface area (Å²) in [6, 6.07) is 17.4. The number of hydrogen-bond acceptors (Lipinski definition) is 5. The van der Waals surface area contributed by atoms with Gasteiger partial charge in [-0.3, -0.25) is 9.59 Å². The number of anilines is 2. The molecule has 3 aromatic carbocycles. The van der Waals surface area contributed by atoms with Gasteiger partial charge in [-0.15, -0.1) is 0 Å². The number of para-hydroxylation sites is 1. The maximum Gasteiger partial charge on any atom is 0.266 e. The average Bonchev–Trinajstić information content (AvgIpc) is 2.84. The van der Waals surface area contributed by atoms with Crippen LogP contribution in [-0.2, 0) is 9.59 Å². The molecular formula is C27H23Cl2N3O4. The summed E-state index contributed by atoms with van der Waals surface area (Å²) in [6.07, 6.45) is 1.39. The van der Waals surface area contributed by atoms with Crippen LogP contribution >= 0.6 is 23.2 Å². The van der Waals surface area contributed by atoms with E-state index in [0.29, 0.717) is 22.0 Å². The smallest absolute Gasteiger partial charge is 0.266 e. The van der Waals surface area contributed by atoms with Crippen LogP contribution in [0.3, 0.4) is 0 Å². The number of nitrogens with one attached hydrogen (secondary N) is 2. The number of aryl methyl sites for hydroxylation is 2. The molecule has 0 heterocycles. The predicted octanol–water partition coefficient (Wildman–Crippen LogP) is 6.18. The molecule has 0 aromatic heterocycles. The Hall–Kier alpha value is -3.99. The van der Waals surface area contributed by atoms with Crippen molar-refractivity contribution < 1.29 is 19.1 Å². The second-order valence-corrected chi connectivity index (χ2v) is 8.61. The van der Waals surface area contributed by atoms with Gasteiger partial charge < -0.3 is 20.1 Å². The zero-order valence-corrected chi connectivity index (χ0v) is 21.3. The van der Waals surface area contributed by atoms with E-state index in [1.54, 1.807) is 36.4 Å². The van der Waals surface area contributed by atoms with E-state index >= 15 is 0 Å². The van der Waals surface area contributed by atoms with Gasteiger partial charge in [0.25, 0.3) is 11.8 Å². The average molecular weight is 524 g/mol. The standard InChI is InChI=1S/C27H23Cl2N3O4/c1-16-8-9-22(17(2)10-16)32-27(34)19(14-30)11-18-12-21(29)26(24(13-18)35-3)36-15-25(33)31-23-7-5-4-6-20(23)28/h4-13H,15H2,1-3H3,(H,31,33)(H,32,34)/b19-11+. The summed E-state index contributed by atoms with van der Waals surface area (Å²) in [6.45, 7) is 3.48. The van der Waals surface area contributed by atoms with Crippen molar-refractivity contribution in [2.45, 2.75) is 13.8 Å². The first-order valence-electron chi connectivity index (χ1n) is 10.8. The molecule has 0 saturated carbocycles. The lowest BCUT2D eigenvalue weighted by molar-refractivity contribution is -0.118. The van der Waals surface area contributed by atoms with Crippen LogP contribution in [0.25, 0.3) is 6.08 Å². The number of methoxy groups -OCH3 is 1. The lowest BCUT2D eigenvalue weighted by Gasteiger charge is -2.14. The molecule has 3 rings (SSSR count). The van der Waals surface area contributed by atoms with Crippen molar-refractivity contribution in [2.75, 3.05) is 24.4 Å². The highest BCUT2D eigenvalue weighted by Gasteiger charge is 2.16. The largest absolute Gasteiger partial charge is 0.493 e. The Morgan fingerprint density at radius 1 is 1.00 bits per heavy atom. The lowest BCUT2D eigenvalue weighted by atomic mass is 10.1. The Bertz CT molecular complexity index is 1380. The third-order valence-electron chi connectivity index (χ3n) is 5.05. The molecule has 2 N–H and O–H groups in total. The van der Waals surface area contributed by atoms with Crippen LogP contribution < -0.4 is 20.1 Å². The molecule has 9 heteroatoms. The Labute approximate surface area is 219 Å². The molecular weight excluding hydrogens is 501 g/mol. The molecule has 7 nitrogen and oxygen atoms in total. The third kappa shape index (κ3) is 6.79. The van der Waals surface area contributed by atoms with E-state index in [2.05, 4.69) is 10.6 Å². The maximum atomic E-state index is 12.7. The Morgan fingerprint density at radius 3 is 2.42 bits per heavy atom. The molecule has 0 bridgehead atoms. The number of carbonyl (C=O) groups excluding carboxylic acids is 2. The Kier molecular flexibility index (Phi) is 8.96. The van der Waals surface area contributed by atoms with E-state index in [0.717, 1.165) is 11.1 Å². The quantitative estimate of drug-likeness (QED) is 0.271. The molecule has 0 spiro atoms. The molecule has 0 aliphatic rings. The van der Waals surface area contributed by atoms with Crippen molar-refractivity contribution in [1.82, 2.24) is 0 Å². The summed E-state index contributed by atoms with van der Waals surface area (Å²) >= 11 is 12.4. The summed E-state index contributed by atoms with van der Waals surface area (Å²) in [4.78, 5) is 25.0. The summed E-state index contributed by atoms with van der Waals surface area (Å²) in [7, 11) is 1.41. The normalized spacial score (nSPS) is 10.8. The fourth-order valence-corrected chi connectivity index (χ4v) is 3.77. The second-order valence-electron chi connectivity index (χ2n) is 7.79. The van der Waals surface area contributed by atoms with Gasteiger partial charge in [-0.2, -0.15) is 5.26 Å². The van der Waals surface area contributed by atoms with Crippen molar-refractivity contribution in [3.8, 4) is 17.6 Å². The lowest BCUT2D eigenvalue weighted by Crippen LogP contribution is -2.20. The van der Waals surface area contributed by atoms with Crippen molar-refractivity contribution in [3.63, 3.8) is 0 Å². The molecule has 3 aromatic rings. The molecule has 0 aliphatic heterocycles. The molecule has 0 fully saturated rings. The fourth-order valence-electron chi connectivity index (χ4n) is 3.31. The van der Waals surface area contributed by atoms with Crippen molar-refractivity contribution in [2.24, 2.45) is 0 Å². The van der Waals surface area contributed by atoms with Gasteiger partial charge in [0, 0.05) is 5.69 Å². The molecule has 36 heavy (non-hydrogen) atoms. The molecule has 0 atom stereocenters. The van der Waals surface area contributed by atoms with E-state index in [1.165, 1.54) is 19.3 Å². The van der Waals surface area contributed by atoms with Crippen LogP contribution in [0.4, 0.5) is 11.4 Å². The Morgan fingerprint density at radius 2 is 1.75 bits per heavy atom. The summed E-state index contributed by atoms with van der Waals surface area (Å²) in [5.41, 5.74) is 3.32. The number of rotatable bonds is 8. The number of ether oxygens (including phenoxy) is 2. The summed E-state index contributed by atoms with van der Waals surface area (Å²) in [5.74, 6) is -0.633. The predicted molar refractivity (Wildman–Crippen MR) is 142 cm³/mol. The number of benzene rings is 3. The van der Waals surface area contributed by atoms with Gasteiger partial charge in [-0.25, -0.2) is 0 Å². The van der Waals surface area contributed by atoms with Crippen LogP contribution in [0, 0.1) is 25.2 Å². The van der Waals surface area contributed by atoms with Gasteiger partial charge >= 0.3 is 0 Å². The minimum atomic E-state index is -0.559. The highest BCUT2D eigenvalue weighted by atomic mass is 35.5. The van der Waals surface area contributed by atoms with Gasteiger partial charge in [-0.1, -0.05) is 53.0 Å². The third-order valence-corrected chi connectivity index (χ3v) is 5.66. The van der Waals surface area contributed by atoms with Crippen LogP contribution in [-0.4, -0.2) is 25.5 Å². The van der Waals surface area contributed by atoms with Crippen molar-refractivity contribution in [1.29, 1.82) is 5.26 Å². The molecule has 0 unspecified atom stereocenters. The van der Waals surface area contributed by atoms with Crippen LogP contribution in [0.1, 0.15) is 16.7 Å². The monoisotopic (exact) mass is 523 g/mol. The highest BCUT2D eigenvalue weighted by molar-refractivity contribution is 6.33. The fraction of sp³-hybridized carbons (Fsp3) is 0.148. The number of nitrogens with zero attached hydrogens (tertiary/aromatic N) is 1. The van der Waals surface area contributed by atoms with E-state index in [1.807, 2.05) is 32.0 Å². The summed E-state index contributed by atoms with van der Waals surface area (Å²) < 4.78 is 11.0. The van der Waals surface area contributed by atoms with Gasteiger partial charge in [0.2, 0.25) is 0 Å². The number of carbonyl (C=O) groups is 2. The van der Waals surface area contributed by atoms with E-state index in [9.17, 15) is 14.9 Å². The number of hydrogen-bond donors (Lipinski definition) is 2. The number of halogens is 2. The molecule has 184 valence electrons. The summed E-state index contributed by atoms with van der Waals surface area (Å²) in [5, 5.41) is 15.5. The minimum Gasteiger partial charge on any atom is -0.493 e. The van der Waals surface area contributed by atoms with E-state index in [4.69, 9.17) is 32.7 Å². The zero-order valence-electron chi connectivity index (χ0n) is 19.8. The molecule has 0 aliphatic carbocycles. The molecule has 0 saturated heterocycles. The molecule has 2 amide bonds. The maximum absolute atomic E-state index is 12.7. The van der Waals surface area contributed by atoms with Gasteiger partial charge in [0.15, 0.2) is 18.1 Å². The van der Waals surface area contributed by atoms with E-state index < -0.39 is 11.8 Å². The van der Waals surface area contributed by atoms with Crippen LogP contribution in [0.5, 0.6) is 11.5 Å². The molecule has 0 radical (unpaired) electrons. The first-order chi connectivity index (χ1) is 17.2. The van der Waals surface area contributed by atoms with Crippen LogP contribution in [0.15, 0.2) is 60.2 Å². The SMILES string of the molecule is COc1cc(/C=C(\C#N)C(=O)Nc2ccc(C)cc2C)cc(Cl)c1OCC(=O)Nc1ccccc1Cl. The van der Waals surface area contributed by atoms with Gasteiger partial charge in [-0.05, 0) is 61.4 Å². The van der Waals surface area contributed by atoms with Gasteiger partial charge in [0.1, 0.15) is 11.6 Å². The minimum absolute atomic E-state index is 0.124. The van der Waals surface area contributed by atoms with E-state index in [-0.39, 0.29) is 28.7 Å². The van der Waals surface area contributed by atoms with Crippen molar-refractivity contribution >= 4 is 52.5 Å². The second kappa shape index (κ2) is 12.1. The first kappa shape index (κ1) is 26.6. The number of amides is 2. The number of nitriles is 1. The highest BCUT2D eigenvalue weighted by Crippen LogP contribution is 2.37. The van der Waals surface area contributed by atoms with Crippen LogP contribution in [0.2, 0.25) is 10.0 Å². The topological polar surface area (TPSA) is 100 Å².